The monoisotopic (exact) mass is 497 g/mol. The molecular weight excluding hydrogens is 470 g/mol. The largest absolute Gasteiger partial charge is 0.494 e. The molecule has 0 aliphatic rings. The Morgan fingerprint density at radius 2 is 1.66 bits per heavy atom. The molecule has 0 spiro atoms. The van der Waals surface area contributed by atoms with Crippen LogP contribution in [0.15, 0.2) is 82.8 Å². The zero-order valence-electron chi connectivity index (χ0n) is 19.7. The van der Waals surface area contributed by atoms with Crippen LogP contribution in [0.25, 0.3) is 0 Å². The van der Waals surface area contributed by atoms with Crippen LogP contribution in [-0.4, -0.2) is 47.9 Å². The van der Waals surface area contributed by atoms with Crippen LogP contribution in [0.2, 0.25) is 0 Å². The van der Waals surface area contributed by atoms with Crippen molar-refractivity contribution >= 4 is 27.8 Å². The molecule has 0 unspecified atom stereocenters. The van der Waals surface area contributed by atoms with E-state index in [9.17, 15) is 13.2 Å². The third kappa shape index (κ3) is 6.51. The molecule has 0 atom stereocenters. The molecule has 0 radical (unpaired) electrons. The quantitative estimate of drug-likeness (QED) is 0.321. The first-order valence-corrected chi connectivity index (χ1v) is 12.2. The summed E-state index contributed by atoms with van der Waals surface area (Å²) in [5.74, 6) is 1.05. The molecule has 3 aromatic rings. The Kier molecular flexibility index (Phi) is 8.69. The minimum absolute atomic E-state index is 0.0653. The summed E-state index contributed by atoms with van der Waals surface area (Å²) >= 11 is 0. The number of benzene rings is 3. The molecule has 0 heterocycles. The fourth-order valence-electron chi connectivity index (χ4n) is 3.19. The highest BCUT2D eigenvalue weighted by Gasteiger charge is 2.27. The highest BCUT2D eigenvalue weighted by atomic mass is 32.2. The fraction of sp³-hybridized carbons (Fsp3) is 0.200. The maximum absolute atomic E-state index is 13.4. The van der Waals surface area contributed by atoms with E-state index in [1.807, 2.05) is 6.92 Å². The number of hydrogen-bond donors (Lipinski definition) is 1. The van der Waals surface area contributed by atoms with Crippen molar-refractivity contribution in [1.82, 2.24) is 5.43 Å². The van der Waals surface area contributed by atoms with Crippen molar-refractivity contribution in [2.45, 2.75) is 11.8 Å². The van der Waals surface area contributed by atoms with Gasteiger partial charge in [0.25, 0.3) is 15.9 Å². The van der Waals surface area contributed by atoms with E-state index in [2.05, 4.69) is 10.5 Å². The molecule has 3 aromatic carbocycles. The Morgan fingerprint density at radius 3 is 2.29 bits per heavy atom. The van der Waals surface area contributed by atoms with Gasteiger partial charge in [-0.25, -0.2) is 13.8 Å². The number of nitrogens with one attached hydrogen (secondary N) is 1. The number of hydrazone groups is 1. The van der Waals surface area contributed by atoms with E-state index in [1.54, 1.807) is 60.7 Å². The predicted octanol–water partition coefficient (Wildman–Crippen LogP) is 3.45. The third-order valence-electron chi connectivity index (χ3n) is 4.86. The predicted molar refractivity (Wildman–Crippen MR) is 134 cm³/mol. The third-order valence-corrected chi connectivity index (χ3v) is 6.65. The van der Waals surface area contributed by atoms with Gasteiger partial charge in [0.2, 0.25) is 0 Å². The number of sulfonamides is 1. The van der Waals surface area contributed by atoms with Crippen molar-refractivity contribution in [2.24, 2.45) is 5.10 Å². The SMILES string of the molecule is CCOc1ccc(N(CC(=O)N/N=C\c2ccc(OC)c(OC)c2)S(=O)(=O)c2ccccc2)cc1. The summed E-state index contributed by atoms with van der Waals surface area (Å²) in [6.45, 7) is 1.85. The van der Waals surface area contributed by atoms with Gasteiger partial charge in [-0.3, -0.25) is 9.10 Å². The molecule has 0 aliphatic carbocycles. The molecule has 0 aliphatic heterocycles. The van der Waals surface area contributed by atoms with E-state index in [1.165, 1.54) is 32.6 Å². The molecule has 3 rings (SSSR count). The van der Waals surface area contributed by atoms with Crippen molar-refractivity contribution in [3.63, 3.8) is 0 Å². The van der Waals surface area contributed by atoms with E-state index in [0.29, 0.717) is 35.1 Å². The number of methoxy groups -OCH3 is 2. The number of amides is 1. The second-order valence-corrected chi connectivity index (χ2v) is 9.02. The van der Waals surface area contributed by atoms with Crippen molar-refractivity contribution in [3.05, 3.63) is 78.4 Å². The van der Waals surface area contributed by atoms with Gasteiger partial charge >= 0.3 is 0 Å². The first-order chi connectivity index (χ1) is 16.9. The van der Waals surface area contributed by atoms with Crippen LogP contribution in [0.5, 0.6) is 17.2 Å². The number of hydrogen-bond acceptors (Lipinski definition) is 7. The number of rotatable bonds is 11. The molecule has 0 bridgehead atoms. The van der Waals surface area contributed by atoms with Crippen molar-refractivity contribution in [2.75, 3.05) is 31.7 Å². The summed E-state index contributed by atoms with van der Waals surface area (Å²) in [4.78, 5) is 12.8. The normalized spacial score (nSPS) is 11.2. The topological polar surface area (TPSA) is 107 Å². The first kappa shape index (κ1) is 25.6. The highest BCUT2D eigenvalue weighted by Crippen LogP contribution is 2.27. The Hall–Kier alpha value is -4.05. The number of carbonyl (C=O) groups excluding carboxylic acids is 1. The van der Waals surface area contributed by atoms with Crippen LogP contribution in [0.4, 0.5) is 5.69 Å². The lowest BCUT2D eigenvalue weighted by atomic mass is 10.2. The Balaban J connectivity index is 1.80. The van der Waals surface area contributed by atoms with E-state index in [-0.39, 0.29) is 4.90 Å². The van der Waals surface area contributed by atoms with Gasteiger partial charge < -0.3 is 14.2 Å². The van der Waals surface area contributed by atoms with Crippen LogP contribution in [0, 0.1) is 0 Å². The zero-order valence-corrected chi connectivity index (χ0v) is 20.5. The molecule has 35 heavy (non-hydrogen) atoms. The summed E-state index contributed by atoms with van der Waals surface area (Å²) < 4.78 is 43.6. The summed E-state index contributed by atoms with van der Waals surface area (Å²) in [5, 5.41) is 3.95. The second kappa shape index (κ2) is 11.9. The van der Waals surface area contributed by atoms with E-state index >= 15 is 0 Å². The van der Waals surface area contributed by atoms with Crippen LogP contribution >= 0.6 is 0 Å². The molecule has 0 fully saturated rings. The zero-order chi connectivity index (χ0) is 25.3. The average Bonchev–Trinajstić information content (AvgIpc) is 2.88. The average molecular weight is 498 g/mol. The first-order valence-electron chi connectivity index (χ1n) is 10.7. The number of anilines is 1. The lowest BCUT2D eigenvalue weighted by Gasteiger charge is -2.24. The van der Waals surface area contributed by atoms with Crippen LogP contribution < -0.4 is 23.9 Å². The van der Waals surface area contributed by atoms with Crippen LogP contribution in [-0.2, 0) is 14.8 Å². The number of nitrogens with zero attached hydrogens (tertiary/aromatic N) is 2. The van der Waals surface area contributed by atoms with Gasteiger partial charge in [-0.15, -0.1) is 0 Å². The molecule has 9 nitrogen and oxygen atoms in total. The standard InChI is InChI=1S/C25H27N3O6S/c1-4-34-21-13-11-20(12-14-21)28(35(30,31)22-8-6-5-7-9-22)18-25(29)27-26-17-19-10-15-23(32-2)24(16-19)33-3/h5-17H,4,18H2,1-3H3,(H,27,29)/b26-17-. The molecule has 0 saturated carbocycles. The highest BCUT2D eigenvalue weighted by molar-refractivity contribution is 7.92. The van der Waals surface area contributed by atoms with Gasteiger partial charge in [0.1, 0.15) is 12.3 Å². The molecule has 0 aromatic heterocycles. The summed E-state index contributed by atoms with van der Waals surface area (Å²) in [6.07, 6.45) is 1.42. The molecule has 1 amide bonds. The minimum atomic E-state index is -4.02. The lowest BCUT2D eigenvalue weighted by molar-refractivity contribution is -0.119. The van der Waals surface area contributed by atoms with Gasteiger partial charge in [-0.05, 0) is 67.1 Å². The maximum Gasteiger partial charge on any atom is 0.264 e. The van der Waals surface area contributed by atoms with Crippen LogP contribution in [0.1, 0.15) is 12.5 Å². The number of ether oxygens (including phenoxy) is 3. The maximum atomic E-state index is 13.4. The lowest BCUT2D eigenvalue weighted by Crippen LogP contribution is -2.39. The van der Waals surface area contributed by atoms with Gasteiger partial charge in [-0.1, -0.05) is 18.2 Å². The fourth-order valence-corrected chi connectivity index (χ4v) is 4.63. The van der Waals surface area contributed by atoms with Gasteiger partial charge in [0.05, 0.1) is 37.6 Å². The van der Waals surface area contributed by atoms with Crippen molar-refractivity contribution in [1.29, 1.82) is 0 Å². The van der Waals surface area contributed by atoms with Gasteiger partial charge in [0, 0.05) is 0 Å². The summed E-state index contributed by atoms with van der Waals surface area (Å²) in [5.41, 5.74) is 3.35. The molecule has 184 valence electrons. The van der Waals surface area contributed by atoms with Crippen LogP contribution in [0.3, 0.4) is 0 Å². The minimum Gasteiger partial charge on any atom is -0.494 e. The van der Waals surface area contributed by atoms with E-state index < -0.39 is 22.5 Å². The van der Waals surface area contributed by atoms with Gasteiger partial charge in [0.15, 0.2) is 11.5 Å². The molecule has 1 N–H and O–H groups in total. The Morgan fingerprint density at radius 1 is 0.971 bits per heavy atom. The molecular formula is C25H27N3O6S. The smallest absolute Gasteiger partial charge is 0.264 e. The summed E-state index contributed by atoms with van der Waals surface area (Å²) in [6, 6.07) is 19.5. The molecule has 10 heteroatoms. The van der Waals surface area contributed by atoms with Crippen molar-refractivity contribution < 1.29 is 27.4 Å². The Labute approximate surface area is 205 Å². The van der Waals surface area contributed by atoms with E-state index in [4.69, 9.17) is 14.2 Å². The van der Waals surface area contributed by atoms with Crippen molar-refractivity contribution in [3.8, 4) is 17.2 Å². The van der Waals surface area contributed by atoms with E-state index in [0.717, 1.165) is 4.31 Å². The summed E-state index contributed by atoms with van der Waals surface area (Å²) in [7, 11) is -0.969. The molecule has 0 saturated heterocycles. The Bertz CT molecular complexity index is 1260. The van der Waals surface area contributed by atoms with Gasteiger partial charge in [-0.2, -0.15) is 5.10 Å². The second-order valence-electron chi connectivity index (χ2n) is 7.16. The number of carbonyl (C=O) groups is 1.